The fourth-order valence-electron chi connectivity index (χ4n) is 2.86. The van der Waals surface area contributed by atoms with Gasteiger partial charge in [0.2, 0.25) is 0 Å². The van der Waals surface area contributed by atoms with Crippen LogP contribution in [0.15, 0.2) is 54.6 Å². The van der Waals surface area contributed by atoms with E-state index in [1.54, 1.807) is 0 Å². The van der Waals surface area contributed by atoms with Gasteiger partial charge in [0, 0.05) is 31.8 Å². The molecule has 34 heavy (non-hydrogen) atoms. The van der Waals surface area contributed by atoms with Crippen molar-refractivity contribution < 1.29 is 26.7 Å². The Balaban J connectivity index is 1.99. The number of terminal acetylenes is 1. The Morgan fingerprint density at radius 3 is 2.44 bits per heavy atom. The quantitative estimate of drug-likeness (QED) is 0.419. The summed E-state index contributed by atoms with van der Waals surface area (Å²) in [6, 6.07) is 11.6. The number of nitrogens with two attached hydrogens (primary N) is 1. The first-order chi connectivity index (χ1) is 16.0. The number of amides is 1. The van der Waals surface area contributed by atoms with Gasteiger partial charge < -0.3 is 15.8 Å². The fraction of sp³-hybridized carbons (Fsp3) is 0.0870. The van der Waals surface area contributed by atoms with Crippen molar-refractivity contribution in [2.45, 2.75) is 0 Å². The summed E-state index contributed by atoms with van der Waals surface area (Å²) in [5, 5.41) is 2.63. The third-order valence-electron chi connectivity index (χ3n) is 4.51. The van der Waals surface area contributed by atoms with Crippen molar-refractivity contribution in [1.82, 2.24) is 4.31 Å². The molecule has 0 spiro atoms. The zero-order valence-corrected chi connectivity index (χ0v) is 18.9. The van der Waals surface area contributed by atoms with Crippen molar-refractivity contribution in [3.8, 4) is 23.8 Å². The SMILES string of the molecule is C#Cc1ccc(Nc2cc(F)cc(Oc3cccc(NS(=O)(=O)N(C)C)c3)c2C(N)=O)c(F)c1. The van der Waals surface area contributed by atoms with E-state index in [2.05, 4.69) is 16.0 Å². The van der Waals surface area contributed by atoms with Crippen molar-refractivity contribution in [3.63, 3.8) is 0 Å². The molecule has 0 aliphatic rings. The summed E-state index contributed by atoms with van der Waals surface area (Å²) >= 11 is 0. The number of rotatable bonds is 8. The van der Waals surface area contributed by atoms with Gasteiger partial charge in [0.05, 0.1) is 17.1 Å². The third kappa shape index (κ3) is 5.61. The van der Waals surface area contributed by atoms with E-state index in [1.807, 2.05) is 0 Å². The minimum absolute atomic E-state index is 0.0712. The largest absolute Gasteiger partial charge is 0.456 e. The summed E-state index contributed by atoms with van der Waals surface area (Å²) in [6.07, 6.45) is 5.25. The predicted molar refractivity (Wildman–Crippen MR) is 125 cm³/mol. The maximum atomic E-state index is 14.4. The lowest BCUT2D eigenvalue weighted by Crippen LogP contribution is -2.28. The number of nitrogens with zero attached hydrogens (tertiary/aromatic N) is 1. The zero-order chi connectivity index (χ0) is 25.0. The lowest BCUT2D eigenvalue weighted by Gasteiger charge is -2.17. The fourth-order valence-corrected chi connectivity index (χ4v) is 3.46. The average Bonchev–Trinajstić information content (AvgIpc) is 2.74. The van der Waals surface area contributed by atoms with Gasteiger partial charge in [-0.05, 0) is 36.4 Å². The van der Waals surface area contributed by atoms with Crippen molar-refractivity contribution in [1.29, 1.82) is 0 Å². The van der Waals surface area contributed by atoms with E-state index in [1.165, 1.54) is 50.5 Å². The van der Waals surface area contributed by atoms with Gasteiger partial charge in [-0.15, -0.1) is 6.42 Å². The molecule has 3 aromatic rings. The molecule has 0 radical (unpaired) electrons. The number of anilines is 3. The lowest BCUT2D eigenvalue weighted by molar-refractivity contribution is 0.0999. The Morgan fingerprint density at radius 2 is 1.82 bits per heavy atom. The first kappa shape index (κ1) is 24.5. The second-order valence-electron chi connectivity index (χ2n) is 7.17. The molecular weight excluding hydrogens is 466 g/mol. The molecule has 1 amide bonds. The molecule has 0 heterocycles. The number of halogens is 2. The molecule has 0 aliphatic heterocycles. The molecule has 8 nitrogen and oxygen atoms in total. The molecular formula is C23H20F2N4O4S. The van der Waals surface area contributed by atoms with Gasteiger partial charge in [-0.3, -0.25) is 9.52 Å². The average molecular weight is 487 g/mol. The van der Waals surface area contributed by atoms with E-state index in [9.17, 15) is 22.0 Å². The number of hydrogen-bond acceptors (Lipinski definition) is 5. The van der Waals surface area contributed by atoms with Gasteiger partial charge in [-0.25, -0.2) is 8.78 Å². The van der Waals surface area contributed by atoms with Gasteiger partial charge in [0.15, 0.2) is 0 Å². The summed E-state index contributed by atoms with van der Waals surface area (Å²) < 4.78 is 61.9. The normalized spacial score (nSPS) is 11.1. The molecule has 3 rings (SSSR count). The molecule has 0 atom stereocenters. The Morgan fingerprint density at radius 1 is 1.09 bits per heavy atom. The lowest BCUT2D eigenvalue weighted by atomic mass is 10.1. The first-order valence-corrected chi connectivity index (χ1v) is 11.1. The molecule has 0 aromatic heterocycles. The molecule has 0 aliphatic carbocycles. The van der Waals surface area contributed by atoms with Crippen LogP contribution in [0.2, 0.25) is 0 Å². The van der Waals surface area contributed by atoms with Crippen molar-refractivity contribution >= 4 is 33.2 Å². The van der Waals surface area contributed by atoms with Crippen molar-refractivity contribution in [3.05, 3.63) is 77.4 Å². The number of ether oxygens (including phenoxy) is 1. The molecule has 4 N–H and O–H groups in total. The maximum Gasteiger partial charge on any atom is 0.301 e. The molecule has 176 valence electrons. The number of primary amides is 1. The highest BCUT2D eigenvalue weighted by molar-refractivity contribution is 7.90. The van der Waals surface area contributed by atoms with Crippen LogP contribution in [0.3, 0.4) is 0 Å². The van der Waals surface area contributed by atoms with Crippen LogP contribution in [0.5, 0.6) is 11.5 Å². The summed E-state index contributed by atoms with van der Waals surface area (Å²) in [7, 11) is -1.08. The summed E-state index contributed by atoms with van der Waals surface area (Å²) in [5.74, 6) is -0.376. The second kappa shape index (κ2) is 9.78. The number of carbonyl (C=O) groups is 1. The molecule has 0 fully saturated rings. The predicted octanol–water partition coefficient (Wildman–Crippen LogP) is 3.80. The van der Waals surface area contributed by atoms with Crippen LogP contribution in [-0.4, -0.2) is 32.7 Å². The van der Waals surface area contributed by atoms with Crippen LogP contribution < -0.4 is 20.5 Å². The number of nitrogens with one attached hydrogen (secondary N) is 2. The van der Waals surface area contributed by atoms with Gasteiger partial charge in [0.1, 0.15) is 28.7 Å². The highest BCUT2D eigenvalue weighted by Gasteiger charge is 2.20. The van der Waals surface area contributed by atoms with Gasteiger partial charge in [-0.1, -0.05) is 12.0 Å². The van der Waals surface area contributed by atoms with E-state index in [4.69, 9.17) is 16.9 Å². The van der Waals surface area contributed by atoms with Crippen LogP contribution in [0.4, 0.5) is 25.8 Å². The minimum atomic E-state index is -3.78. The highest BCUT2D eigenvalue weighted by atomic mass is 32.2. The summed E-state index contributed by atoms with van der Waals surface area (Å²) in [6.45, 7) is 0. The summed E-state index contributed by atoms with van der Waals surface area (Å²) in [5.41, 5.74) is 5.51. The Bertz CT molecular complexity index is 1400. The summed E-state index contributed by atoms with van der Waals surface area (Å²) in [4.78, 5) is 12.2. The van der Waals surface area contributed by atoms with E-state index in [0.29, 0.717) is 5.56 Å². The zero-order valence-electron chi connectivity index (χ0n) is 18.1. The molecule has 0 saturated heterocycles. The van der Waals surface area contributed by atoms with Gasteiger partial charge >= 0.3 is 10.2 Å². The van der Waals surface area contributed by atoms with Crippen molar-refractivity contribution in [2.24, 2.45) is 5.73 Å². The van der Waals surface area contributed by atoms with Crippen LogP contribution in [0, 0.1) is 24.0 Å². The number of benzene rings is 3. The second-order valence-corrected chi connectivity index (χ2v) is 9.06. The van der Waals surface area contributed by atoms with E-state index < -0.39 is 27.8 Å². The third-order valence-corrected chi connectivity index (χ3v) is 5.96. The Hall–Kier alpha value is -4.14. The topological polar surface area (TPSA) is 114 Å². The first-order valence-electron chi connectivity index (χ1n) is 9.65. The molecule has 0 bridgehead atoms. The minimum Gasteiger partial charge on any atom is -0.456 e. The van der Waals surface area contributed by atoms with Gasteiger partial charge in [-0.2, -0.15) is 12.7 Å². The smallest absolute Gasteiger partial charge is 0.301 e. The molecule has 11 heteroatoms. The molecule has 0 saturated carbocycles. The standard InChI is InChI=1S/C23H20F2N4O4S/c1-4-14-8-9-19(18(25)10-14)27-20-11-15(24)12-21(22(20)23(26)30)33-17-7-5-6-16(13-17)28-34(31,32)29(2)3/h1,5-13,27-28H,2-3H3,(H2,26,30). The number of hydrogen-bond donors (Lipinski definition) is 3. The maximum absolute atomic E-state index is 14.4. The number of carbonyl (C=O) groups excluding carboxylic acids is 1. The van der Waals surface area contributed by atoms with Crippen LogP contribution >= 0.6 is 0 Å². The molecule has 3 aromatic carbocycles. The van der Waals surface area contributed by atoms with Crippen LogP contribution in [0.25, 0.3) is 0 Å². The Labute approximate surface area is 195 Å². The van der Waals surface area contributed by atoms with Crippen LogP contribution in [0.1, 0.15) is 15.9 Å². The monoisotopic (exact) mass is 486 g/mol. The molecule has 0 unspecified atom stereocenters. The van der Waals surface area contributed by atoms with E-state index >= 15 is 0 Å². The van der Waals surface area contributed by atoms with Crippen LogP contribution in [-0.2, 0) is 10.2 Å². The van der Waals surface area contributed by atoms with E-state index in [-0.39, 0.29) is 34.1 Å². The van der Waals surface area contributed by atoms with Gasteiger partial charge in [0.25, 0.3) is 5.91 Å². The van der Waals surface area contributed by atoms with Crippen molar-refractivity contribution in [2.75, 3.05) is 24.1 Å². The Kier molecular flexibility index (Phi) is 7.05. The van der Waals surface area contributed by atoms with E-state index in [0.717, 1.165) is 22.5 Å². The highest BCUT2D eigenvalue weighted by Crippen LogP contribution is 2.35.